The normalized spacial score (nSPS) is 10.4. The maximum absolute atomic E-state index is 10.4. The highest BCUT2D eigenvalue weighted by atomic mass is 16.4. The summed E-state index contributed by atoms with van der Waals surface area (Å²) in [5.74, 6) is 0.00959. The SMILES string of the molecule is Cn1ccnc1-c1cc[n+](CCC(=O)O)nc1. The Kier molecular flexibility index (Phi) is 3.13. The second kappa shape index (κ2) is 4.73. The number of carbonyl (C=O) groups is 1. The molecule has 2 heterocycles. The molecular weight excluding hydrogens is 220 g/mol. The van der Waals surface area contributed by atoms with Crippen LogP contribution in [0.1, 0.15) is 6.42 Å². The Labute approximate surface area is 98.2 Å². The van der Waals surface area contributed by atoms with Crippen LogP contribution in [-0.2, 0) is 18.4 Å². The van der Waals surface area contributed by atoms with E-state index in [9.17, 15) is 4.79 Å². The van der Waals surface area contributed by atoms with E-state index in [1.54, 1.807) is 23.3 Å². The van der Waals surface area contributed by atoms with Gasteiger partial charge in [0.05, 0.1) is 0 Å². The van der Waals surface area contributed by atoms with Crippen LogP contribution >= 0.6 is 0 Å². The molecule has 0 unspecified atom stereocenters. The molecule has 17 heavy (non-hydrogen) atoms. The number of aryl methyl sites for hydroxylation is 2. The number of imidazole rings is 1. The molecule has 0 bridgehead atoms. The van der Waals surface area contributed by atoms with Crippen LogP contribution in [-0.4, -0.2) is 25.7 Å². The Morgan fingerprint density at radius 3 is 2.94 bits per heavy atom. The molecule has 0 aliphatic heterocycles. The van der Waals surface area contributed by atoms with Crippen LogP contribution in [0.2, 0.25) is 0 Å². The lowest BCUT2D eigenvalue weighted by Crippen LogP contribution is -2.38. The first-order valence-electron chi connectivity index (χ1n) is 5.22. The molecule has 6 heteroatoms. The average Bonchev–Trinajstić information content (AvgIpc) is 2.73. The van der Waals surface area contributed by atoms with Crippen molar-refractivity contribution in [3.8, 4) is 11.4 Å². The van der Waals surface area contributed by atoms with E-state index in [-0.39, 0.29) is 6.42 Å². The Morgan fingerprint density at radius 2 is 2.41 bits per heavy atom. The van der Waals surface area contributed by atoms with Crippen molar-refractivity contribution < 1.29 is 14.6 Å². The Morgan fingerprint density at radius 1 is 1.59 bits per heavy atom. The summed E-state index contributed by atoms with van der Waals surface area (Å²) in [6, 6.07) is 1.87. The molecule has 0 aliphatic rings. The van der Waals surface area contributed by atoms with E-state index >= 15 is 0 Å². The Hall–Kier alpha value is -2.24. The summed E-state index contributed by atoms with van der Waals surface area (Å²) in [6.07, 6.45) is 7.10. The number of hydrogen-bond donors (Lipinski definition) is 1. The van der Waals surface area contributed by atoms with E-state index in [0.717, 1.165) is 11.4 Å². The molecule has 6 nitrogen and oxygen atoms in total. The monoisotopic (exact) mass is 233 g/mol. The molecule has 0 radical (unpaired) electrons. The first-order valence-corrected chi connectivity index (χ1v) is 5.22. The standard InChI is InChI=1S/C11H12N4O2/c1-14-7-4-12-11(14)9-2-5-15(13-8-9)6-3-10(16)17/h2,4-5,7-8H,3,6H2,1H3/p+1. The van der Waals surface area contributed by atoms with Crippen molar-refractivity contribution in [2.45, 2.75) is 13.0 Å². The number of carboxylic acid groups (broad SMARTS) is 1. The zero-order valence-corrected chi connectivity index (χ0v) is 9.45. The molecule has 0 saturated carbocycles. The average molecular weight is 233 g/mol. The van der Waals surface area contributed by atoms with Crippen molar-refractivity contribution in [2.75, 3.05) is 0 Å². The fourth-order valence-electron chi connectivity index (χ4n) is 1.50. The second-order valence-corrected chi connectivity index (χ2v) is 3.68. The van der Waals surface area contributed by atoms with E-state index in [0.29, 0.717) is 6.54 Å². The minimum atomic E-state index is -0.826. The number of aliphatic carboxylic acids is 1. The first-order chi connectivity index (χ1) is 8.16. The molecule has 1 N–H and O–H groups in total. The summed E-state index contributed by atoms with van der Waals surface area (Å²) >= 11 is 0. The van der Waals surface area contributed by atoms with Crippen LogP contribution in [0, 0.1) is 0 Å². The van der Waals surface area contributed by atoms with Crippen molar-refractivity contribution >= 4 is 5.97 Å². The largest absolute Gasteiger partial charge is 0.481 e. The summed E-state index contributed by atoms with van der Waals surface area (Å²) in [4.78, 5) is 14.6. The first kappa shape index (κ1) is 11.3. The lowest BCUT2D eigenvalue weighted by molar-refractivity contribution is -0.752. The molecule has 0 atom stereocenters. The summed E-state index contributed by atoms with van der Waals surface area (Å²) < 4.78 is 3.50. The topological polar surface area (TPSA) is 71.9 Å². The van der Waals surface area contributed by atoms with Gasteiger partial charge in [0.25, 0.3) is 0 Å². The molecule has 0 amide bonds. The van der Waals surface area contributed by atoms with Gasteiger partial charge in [-0.2, -0.15) is 0 Å². The molecule has 0 aromatic carbocycles. The third kappa shape index (κ3) is 2.66. The van der Waals surface area contributed by atoms with Crippen molar-refractivity contribution in [1.29, 1.82) is 0 Å². The smallest absolute Gasteiger partial charge is 0.309 e. The molecule has 2 aromatic heterocycles. The highest BCUT2D eigenvalue weighted by molar-refractivity contribution is 5.66. The quantitative estimate of drug-likeness (QED) is 0.768. The van der Waals surface area contributed by atoms with Crippen LogP contribution in [0.5, 0.6) is 0 Å². The van der Waals surface area contributed by atoms with Gasteiger partial charge in [-0.15, -0.1) is 0 Å². The van der Waals surface area contributed by atoms with Gasteiger partial charge in [-0.25, -0.2) is 4.98 Å². The summed E-state index contributed by atoms with van der Waals surface area (Å²) in [5, 5.41) is 12.7. The predicted molar refractivity (Wildman–Crippen MR) is 58.9 cm³/mol. The molecular formula is C11H13N4O2+. The maximum atomic E-state index is 10.4. The lowest BCUT2D eigenvalue weighted by atomic mass is 10.3. The van der Waals surface area contributed by atoms with Crippen LogP contribution < -0.4 is 4.68 Å². The molecule has 0 aliphatic carbocycles. The van der Waals surface area contributed by atoms with Gasteiger partial charge in [0, 0.05) is 31.1 Å². The fourth-order valence-corrected chi connectivity index (χ4v) is 1.50. The van der Waals surface area contributed by atoms with E-state index in [1.807, 2.05) is 23.9 Å². The molecule has 2 rings (SSSR count). The number of hydrogen-bond acceptors (Lipinski definition) is 3. The van der Waals surface area contributed by atoms with Crippen LogP contribution in [0.25, 0.3) is 11.4 Å². The molecule has 0 spiro atoms. The minimum absolute atomic E-state index is 0.0689. The van der Waals surface area contributed by atoms with E-state index in [1.165, 1.54) is 0 Å². The highest BCUT2D eigenvalue weighted by Crippen LogP contribution is 2.12. The highest BCUT2D eigenvalue weighted by Gasteiger charge is 2.09. The Bertz CT molecular complexity index is 519. The van der Waals surface area contributed by atoms with Gasteiger partial charge in [-0.1, -0.05) is 4.68 Å². The molecule has 0 saturated heterocycles. The van der Waals surface area contributed by atoms with Crippen LogP contribution in [0.15, 0.2) is 30.9 Å². The van der Waals surface area contributed by atoms with Gasteiger partial charge in [-0.05, 0) is 5.10 Å². The zero-order valence-electron chi connectivity index (χ0n) is 9.45. The van der Waals surface area contributed by atoms with Crippen molar-refractivity contribution in [3.63, 3.8) is 0 Å². The molecule has 88 valence electrons. The van der Waals surface area contributed by atoms with Crippen molar-refractivity contribution in [2.24, 2.45) is 7.05 Å². The maximum Gasteiger partial charge on any atom is 0.309 e. The lowest BCUT2D eigenvalue weighted by Gasteiger charge is -1.99. The summed E-state index contributed by atoms with van der Waals surface area (Å²) in [7, 11) is 1.91. The second-order valence-electron chi connectivity index (χ2n) is 3.68. The fraction of sp³-hybridized carbons (Fsp3) is 0.273. The number of rotatable bonds is 4. The van der Waals surface area contributed by atoms with E-state index in [2.05, 4.69) is 10.1 Å². The Balaban J connectivity index is 2.13. The van der Waals surface area contributed by atoms with Gasteiger partial charge in [0.2, 0.25) is 0 Å². The van der Waals surface area contributed by atoms with E-state index < -0.39 is 5.97 Å². The zero-order chi connectivity index (χ0) is 12.3. The minimum Gasteiger partial charge on any atom is -0.481 e. The van der Waals surface area contributed by atoms with Gasteiger partial charge < -0.3 is 9.67 Å². The van der Waals surface area contributed by atoms with Gasteiger partial charge >= 0.3 is 5.97 Å². The number of carboxylic acids is 1. The van der Waals surface area contributed by atoms with Crippen molar-refractivity contribution in [1.82, 2.24) is 14.6 Å². The van der Waals surface area contributed by atoms with Crippen LogP contribution in [0.4, 0.5) is 0 Å². The van der Waals surface area contributed by atoms with Gasteiger partial charge in [0.1, 0.15) is 18.4 Å². The van der Waals surface area contributed by atoms with Gasteiger partial charge in [-0.3, -0.25) is 4.79 Å². The predicted octanol–water partition coefficient (Wildman–Crippen LogP) is 0.244. The molecule has 2 aromatic rings. The number of nitrogens with zero attached hydrogens (tertiary/aromatic N) is 4. The third-order valence-corrected chi connectivity index (χ3v) is 2.41. The van der Waals surface area contributed by atoms with Crippen LogP contribution in [0.3, 0.4) is 0 Å². The summed E-state index contributed by atoms with van der Waals surface area (Å²) in [5.41, 5.74) is 0.907. The van der Waals surface area contributed by atoms with Gasteiger partial charge in [0.15, 0.2) is 12.7 Å². The van der Waals surface area contributed by atoms with Crippen molar-refractivity contribution in [3.05, 3.63) is 30.9 Å². The summed E-state index contributed by atoms with van der Waals surface area (Å²) in [6.45, 7) is 0.371. The third-order valence-electron chi connectivity index (χ3n) is 2.41. The molecule has 0 fully saturated rings. The van der Waals surface area contributed by atoms with E-state index in [4.69, 9.17) is 5.11 Å². The number of aromatic nitrogens is 4.